The first-order valence-electron chi connectivity index (χ1n) is 7.29. The van der Waals surface area contributed by atoms with Crippen molar-refractivity contribution in [1.82, 2.24) is 14.8 Å². The molecule has 0 atom stereocenters. The molecule has 0 saturated heterocycles. The van der Waals surface area contributed by atoms with Crippen LogP contribution in [0.2, 0.25) is 0 Å². The van der Waals surface area contributed by atoms with Crippen molar-refractivity contribution in [3.63, 3.8) is 0 Å². The van der Waals surface area contributed by atoms with Gasteiger partial charge in [0.2, 0.25) is 5.89 Å². The third-order valence-electron chi connectivity index (χ3n) is 3.52. The Bertz CT molecular complexity index is 775. The van der Waals surface area contributed by atoms with Gasteiger partial charge in [0, 0.05) is 11.8 Å². The largest absolute Gasteiger partial charge is 0.441 e. The van der Waals surface area contributed by atoms with E-state index >= 15 is 0 Å². The predicted octanol–water partition coefficient (Wildman–Crippen LogP) is 4.78. The van der Waals surface area contributed by atoms with E-state index in [9.17, 15) is 0 Å². The van der Waals surface area contributed by atoms with Crippen LogP contribution in [0.4, 0.5) is 0 Å². The number of oxazole rings is 1. The average Bonchev–Trinajstić information content (AvgIpc) is 3.04. The zero-order valence-electron chi connectivity index (χ0n) is 12.9. The highest BCUT2D eigenvalue weighted by Gasteiger charge is 2.14. The second-order valence-electron chi connectivity index (χ2n) is 5.60. The van der Waals surface area contributed by atoms with Crippen LogP contribution >= 0.6 is 15.9 Å². The van der Waals surface area contributed by atoms with E-state index in [1.807, 2.05) is 48.1 Å². The van der Waals surface area contributed by atoms with Crippen molar-refractivity contribution in [2.75, 3.05) is 0 Å². The summed E-state index contributed by atoms with van der Waals surface area (Å²) in [6.07, 6.45) is 1.99. The Kier molecular flexibility index (Phi) is 4.16. The first-order valence-corrected chi connectivity index (χ1v) is 8.08. The second-order valence-corrected chi connectivity index (χ2v) is 6.46. The first-order chi connectivity index (χ1) is 10.5. The Balaban J connectivity index is 1.87. The summed E-state index contributed by atoms with van der Waals surface area (Å²) < 4.78 is 8.73. The lowest BCUT2D eigenvalue weighted by Crippen LogP contribution is -2.03. The molecule has 0 N–H and O–H groups in total. The van der Waals surface area contributed by atoms with E-state index in [0.29, 0.717) is 18.4 Å². The van der Waals surface area contributed by atoms with E-state index in [1.165, 1.54) is 0 Å². The summed E-state index contributed by atoms with van der Waals surface area (Å²) in [7, 11) is 0. The third kappa shape index (κ3) is 2.99. The van der Waals surface area contributed by atoms with Crippen molar-refractivity contribution < 1.29 is 4.42 Å². The first kappa shape index (κ1) is 15.0. The molecule has 0 radical (unpaired) electrons. The molecule has 2 heterocycles. The highest BCUT2D eigenvalue weighted by Crippen LogP contribution is 2.25. The Morgan fingerprint density at radius 3 is 2.59 bits per heavy atom. The Morgan fingerprint density at radius 2 is 1.95 bits per heavy atom. The number of benzene rings is 1. The number of nitrogens with zero attached hydrogens (tertiary/aromatic N) is 3. The second kappa shape index (κ2) is 6.08. The molecule has 5 heteroatoms. The molecule has 0 fully saturated rings. The zero-order chi connectivity index (χ0) is 15.7. The van der Waals surface area contributed by atoms with Crippen LogP contribution in [-0.4, -0.2) is 14.8 Å². The average molecular weight is 360 g/mol. The van der Waals surface area contributed by atoms with Crippen molar-refractivity contribution >= 4 is 15.9 Å². The Morgan fingerprint density at radius 1 is 1.23 bits per heavy atom. The minimum atomic E-state index is 0.383. The van der Waals surface area contributed by atoms with Crippen LogP contribution in [0, 0.1) is 6.92 Å². The summed E-state index contributed by atoms with van der Waals surface area (Å²) in [5.74, 6) is 1.87. The van der Waals surface area contributed by atoms with Crippen molar-refractivity contribution in [2.45, 2.75) is 33.2 Å². The number of aryl methyl sites for hydroxylation is 1. The van der Waals surface area contributed by atoms with E-state index in [2.05, 4.69) is 39.9 Å². The minimum absolute atomic E-state index is 0.383. The molecule has 0 spiro atoms. The molecular formula is C17H18BrN3O. The molecule has 1 aromatic carbocycles. The lowest BCUT2D eigenvalue weighted by molar-refractivity contribution is 0.535. The van der Waals surface area contributed by atoms with Crippen molar-refractivity contribution in [1.29, 1.82) is 0 Å². The van der Waals surface area contributed by atoms with Crippen molar-refractivity contribution in [2.24, 2.45) is 0 Å². The van der Waals surface area contributed by atoms with Gasteiger partial charge >= 0.3 is 0 Å². The molecule has 114 valence electrons. The summed E-state index contributed by atoms with van der Waals surface area (Å²) in [5, 5.41) is 4.62. The molecule has 0 unspecified atom stereocenters. The number of aromatic nitrogens is 3. The van der Waals surface area contributed by atoms with Crippen LogP contribution in [0.3, 0.4) is 0 Å². The summed E-state index contributed by atoms with van der Waals surface area (Å²) in [5.41, 5.74) is 2.95. The highest BCUT2D eigenvalue weighted by molar-refractivity contribution is 9.10. The molecule has 3 rings (SSSR count). The fourth-order valence-electron chi connectivity index (χ4n) is 2.32. The standard InChI is InChI=1S/C17H18BrN3O/c1-11(2)16-14(18)9-21(20-16)10-15-12(3)22-17(19-15)13-7-5-4-6-8-13/h4-9,11H,10H2,1-3H3. The lowest BCUT2D eigenvalue weighted by atomic mass is 10.1. The monoisotopic (exact) mass is 359 g/mol. The van der Waals surface area contributed by atoms with Gasteiger partial charge in [0.05, 0.1) is 16.7 Å². The molecule has 0 aliphatic carbocycles. The number of hydrogen-bond acceptors (Lipinski definition) is 3. The third-order valence-corrected chi connectivity index (χ3v) is 4.13. The van der Waals surface area contributed by atoms with E-state index in [0.717, 1.165) is 27.2 Å². The molecule has 0 aliphatic heterocycles. The SMILES string of the molecule is Cc1oc(-c2ccccc2)nc1Cn1cc(Br)c(C(C)C)n1. The van der Waals surface area contributed by atoms with Crippen molar-refractivity contribution in [3.8, 4) is 11.5 Å². The van der Waals surface area contributed by atoms with Gasteiger partial charge in [0.25, 0.3) is 0 Å². The molecule has 3 aromatic rings. The lowest BCUT2D eigenvalue weighted by Gasteiger charge is -2.00. The van der Waals surface area contributed by atoms with Gasteiger partial charge in [-0.1, -0.05) is 32.0 Å². The number of halogens is 1. The van der Waals surface area contributed by atoms with Gasteiger partial charge in [-0.3, -0.25) is 4.68 Å². The summed E-state index contributed by atoms with van der Waals surface area (Å²) in [4.78, 5) is 4.62. The van der Waals surface area contributed by atoms with Crippen LogP contribution in [0.25, 0.3) is 11.5 Å². The fourth-order valence-corrected chi connectivity index (χ4v) is 3.09. The van der Waals surface area contributed by atoms with Gasteiger partial charge in [0.1, 0.15) is 11.5 Å². The van der Waals surface area contributed by atoms with Crippen LogP contribution in [0.15, 0.2) is 45.4 Å². The van der Waals surface area contributed by atoms with E-state index in [-0.39, 0.29) is 0 Å². The van der Waals surface area contributed by atoms with Crippen LogP contribution < -0.4 is 0 Å². The fraction of sp³-hybridized carbons (Fsp3) is 0.294. The van der Waals surface area contributed by atoms with Crippen LogP contribution in [0.1, 0.15) is 36.9 Å². The van der Waals surface area contributed by atoms with Gasteiger partial charge in [-0.25, -0.2) is 4.98 Å². The highest BCUT2D eigenvalue weighted by atomic mass is 79.9. The quantitative estimate of drug-likeness (QED) is 0.673. The summed E-state index contributed by atoms with van der Waals surface area (Å²) in [6.45, 7) is 6.81. The normalized spacial score (nSPS) is 11.3. The molecule has 0 bridgehead atoms. The van der Waals surface area contributed by atoms with Gasteiger partial charge in [-0.05, 0) is 40.9 Å². The summed E-state index contributed by atoms with van der Waals surface area (Å²) in [6, 6.07) is 9.93. The smallest absolute Gasteiger partial charge is 0.226 e. The van der Waals surface area contributed by atoms with E-state index < -0.39 is 0 Å². The minimum Gasteiger partial charge on any atom is -0.441 e. The maximum absolute atomic E-state index is 5.79. The van der Waals surface area contributed by atoms with Gasteiger partial charge in [-0.2, -0.15) is 5.10 Å². The van der Waals surface area contributed by atoms with E-state index in [1.54, 1.807) is 0 Å². The zero-order valence-corrected chi connectivity index (χ0v) is 14.5. The van der Waals surface area contributed by atoms with Crippen LogP contribution in [-0.2, 0) is 6.54 Å². The summed E-state index contributed by atoms with van der Waals surface area (Å²) >= 11 is 3.56. The number of rotatable bonds is 4. The van der Waals surface area contributed by atoms with Gasteiger partial charge < -0.3 is 4.42 Å². The van der Waals surface area contributed by atoms with Gasteiger partial charge in [-0.15, -0.1) is 0 Å². The molecule has 4 nitrogen and oxygen atoms in total. The topological polar surface area (TPSA) is 43.9 Å². The molecule has 22 heavy (non-hydrogen) atoms. The Hall–Kier alpha value is -1.88. The predicted molar refractivity (Wildman–Crippen MR) is 89.8 cm³/mol. The maximum atomic E-state index is 5.79. The van der Waals surface area contributed by atoms with Crippen LogP contribution in [0.5, 0.6) is 0 Å². The molecular weight excluding hydrogens is 342 g/mol. The Labute approximate surface area is 138 Å². The number of hydrogen-bond donors (Lipinski definition) is 0. The molecule has 2 aromatic heterocycles. The van der Waals surface area contributed by atoms with Crippen molar-refractivity contribution in [3.05, 3.63) is 58.1 Å². The van der Waals surface area contributed by atoms with Gasteiger partial charge in [0.15, 0.2) is 0 Å². The van der Waals surface area contributed by atoms with E-state index in [4.69, 9.17) is 4.42 Å². The molecule has 0 aliphatic rings. The molecule has 0 amide bonds. The molecule has 0 saturated carbocycles. The maximum Gasteiger partial charge on any atom is 0.226 e.